The highest BCUT2D eigenvalue weighted by Gasteiger charge is 2.36. The van der Waals surface area contributed by atoms with Crippen LogP contribution in [0.4, 0.5) is 0 Å². The summed E-state index contributed by atoms with van der Waals surface area (Å²) in [6, 6.07) is 1.70. The van der Waals surface area contributed by atoms with Crippen molar-refractivity contribution in [2.24, 2.45) is 0 Å². The molecule has 0 fully saturated rings. The second kappa shape index (κ2) is 4.83. The second-order valence-electron chi connectivity index (χ2n) is 5.20. The maximum absolute atomic E-state index is 12.4. The first-order valence-electron chi connectivity index (χ1n) is 6.18. The minimum atomic E-state index is -3.25. The third kappa shape index (κ3) is 2.51. The molecule has 1 aromatic rings. The molecule has 0 aromatic carbocycles. The van der Waals surface area contributed by atoms with Crippen molar-refractivity contribution >= 4 is 27.1 Å². The van der Waals surface area contributed by atoms with Crippen LogP contribution in [0.2, 0.25) is 0 Å². The van der Waals surface area contributed by atoms with Gasteiger partial charge in [-0.25, -0.2) is 14.3 Å². The average Bonchev–Trinajstić information content (AvgIpc) is 2.71. The monoisotopic (exact) mass is 300 g/mol. The van der Waals surface area contributed by atoms with Gasteiger partial charge < -0.3 is 5.32 Å². The molecular formula is C13H18NO3S2-. The van der Waals surface area contributed by atoms with E-state index in [0.717, 1.165) is 16.4 Å². The van der Waals surface area contributed by atoms with Crippen molar-refractivity contribution in [1.29, 1.82) is 0 Å². The highest BCUT2D eigenvalue weighted by Crippen LogP contribution is 2.42. The number of nitrogens with one attached hydrogen (secondary N) is 1. The summed E-state index contributed by atoms with van der Waals surface area (Å²) in [5.74, 6) is 0.955. The molecule has 106 valence electrons. The van der Waals surface area contributed by atoms with Gasteiger partial charge in [0.25, 0.3) is 0 Å². The molecule has 2 unspecified atom stereocenters. The van der Waals surface area contributed by atoms with Gasteiger partial charge in [-0.2, -0.15) is 17.4 Å². The summed E-state index contributed by atoms with van der Waals surface area (Å²) in [7, 11) is -3.25. The Labute approximate surface area is 118 Å². The lowest BCUT2D eigenvalue weighted by atomic mass is 10.0. The minimum Gasteiger partial charge on any atom is -0.351 e. The van der Waals surface area contributed by atoms with Crippen LogP contribution in [0.25, 0.3) is 0 Å². The predicted octanol–water partition coefficient (Wildman–Crippen LogP) is 2.45. The zero-order valence-corrected chi connectivity index (χ0v) is 13.1. The van der Waals surface area contributed by atoms with Crippen LogP contribution in [-0.4, -0.2) is 19.6 Å². The Morgan fingerprint density at radius 2 is 2.11 bits per heavy atom. The van der Waals surface area contributed by atoms with E-state index in [4.69, 9.17) is 0 Å². The molecule has 4 nitrogen and oxygen atoms in total. The van der Waals surface area contributed by atoms with Gasteiger partial charge in [0, 0.05) is 13.0 Å². The van der Waals surface area contributed by atoms with E-state index >= 15 is 0 Å². The molecule has 0 saturated heterocycles. The number of fused-ring (bicyclic) bond motifs is 1. The van der Waals surface area contributed by atoms with E-state index in [9.17, 15) is 13.2 Å². The van der Waals surface area contributed by atoms with Crippen LogP contribution in [0.15, 0.2) is 10.3 Å². The molecule has 1 N–H and O–H groups in total. The van der Waals surface area contributed by atoms with Gasteiger partial charge in [-0.1, -0.05) is 5.56 Å². The Bertz CT molecular complexity index is 601. The molecule has 0 spiro atoms. The van der Waals surface area contributed by atoms with E-state index < -0.39 is 15.1 Å². The van der Waals surface area contributed by atoms with Crippen molar-refractivity contribution < 1.29 is 13.2 Å². The largest absolute Gasteiger partial charge is 0.351 e. The fourth-order valence-corrected chi connectivity index (χ4v) is 5.73. The Morgan fingerprint density at radius 1 is 1.47 bits per heavy atom. The van der Waals surface area contributed by atoms with Crippen LogP contribution in [0.5, 0.6) is 0 Å². The summed E-state index contributed by atoms with van der Waals surface area (Å²) in [4.78, 5) is 12.2. The van der Waals surface area contributed by atoms with Gasteiger partial charge in [-0.3, -0.25) is 4.79 Å². The molecule has 6 heteroatoms. The smallest absolute Gasteiger partial charge is 0.217 e. The van der Waals surface area contributed by atoms with Gasteiger partial charge in [0.1, 0.15) is 4.21 Å². The first-order valence-corrected chi connectivity index (χ1v) is 8.55. The van der Waals surface area contributed by atoms with E-state index in [1.54, 1.807) is 6.92 Å². The summed E-state index contributed by atoms with van der Waals surface area (Å²) in [6.45, 7) is 7.08. The molecule has 1 aliphatic heterocycles. The summed E-state index contributed by atoms with van der Waals surface area (Å²) < 4.78 is 25.1. The third-order valence-electron chi connectivity index (χ3n) is 3.33. The highest BCUT2D eigenvalue weighted by atomic mass is 32.2. The van der Waals surface area contributed by atoms with E-state index in [1.807, 2.05) is 19.9 Å². The molecule has 2 atom stereocenters. The third-order valence-corrected chi connectivity index (χ3v) is 7.44. The summed E-state index contributed by atoms with van der Waals surface area (Å²) in [5, 5.41) is 2.39. The van der Waals surface area contributed by atoms with Crippen LogP contribution in [0.1, 0.15) is 50.6 Å². The molecule has 0 radical (unpaired) electrons. The van der Waals surface area contributed by atoms with Crippen LogP contribution < -0.4 is 5.32 Å². The van der Waals surface area contributed by atoms with Crippen LogP contribution in [-0.2, 0) is 14.6 Å². The van der Waals surface area contributed by atoms with Gasteiger partial charge in [-0.05, 0) is 13.3 Å². The predicted molar refractivity (Wildman–Crippen MR) is 75.8 cm³/mol. The number of hydrogen-bond donors (Lipinski definition) is 1. The van der Waals surface area contributed by atoms with Crippen molar-refractivity contribution in [3.63, 3.8) is 0 Å². The van der Waals surface area contributed by atoms with Crippen molar-refractivity contribution in [2.45, 2.75) is 49.6 Å². The number of thiophene rings is 1. The lowest BCUT2D eigenvalue weighted by Crippen LogP contribution is -2.35. The molecule has 0 saturated carbocycles. The van der Waals surface area contributed by atoms with Crippen LogP contribution in [0, 0.1) is 5.92 Å². The number of rotatable bonds is 2. The minimum absolute atomic E-state index is 0.132. The van der Waals surface area contributed by atoms with E-state index in [2.05, 4.69) is 5.32 Å². The maximum atomic E-state index is 12.4. The molecule has 1 amide bonds. The fraction of sp³-hybridized carbons (Fsp3) is 0.538. The van der Waals surface area contributed by atoms with Crippen molar-refractivity contribution in [2.75, 3.05) is 0 Å². The number of hydrogen-bond acceptors (Lipinski definition) is 4. The van der Waals surface area contributed by atoms with Gasteiger partial charge in [0.2, 0.25) is 5.91 Å². The maximum Gasteiger partial charge on any atom is 0.217 e. The van der Waals surface area contributed by atoms with Gasteiger partial charge in [0.15, 0.2) is 9.84 Å². The van der Waals surface area contributed by atoms with Gasteiger partial charge in [-0.15, -0.1) is 18.7 Å². The lowest BCUT2D eigenvalue weighted by Gasteiger charge is -2.29. The van der Waals surface area contributed by atoms with Crippen molar-refractivity contribution in [1.82, 2.24) is 5.32 Å². The summed E-state index contributed by atoms with van der Waals surface area (Å²) in [5.41, 5.74) is 0.745. The van der Waals surface area contributed by atoms with Gasteiger partial charge in [0.05, 0.1) is 5.25 Å². The molecule has 0 aliphatic carbocycles. The molecule has 2 heterocycles. The average molecular weight is 300 g/mol. The fourth-order valence-electron chi connectivity index (χ4n) is 2.25. The Hall–Kier alpha value is -1.01. The molecule has 19 heavy (non-hydrogen) atoms. The quantitative estimate of drug-likeness (QED) is 0.853. The van der Waals surface area contributed by atoms with Gasteiger partial charge >= 0.3 is 0 Å². The zero-order valence-electron chi connectivity index (χ0n) is 11.5. The first kappa shape index (κ1) is 14.4. The standard InChI is InChI=1S/C13H18NO3S2/c1-7(2)12-6-10-11(14-9(4)15)5-8(3)19(16,17)13(10)18-12/h6,8,11H,5H2,1-4H3,(H,14,15)/q-1. The summed E-state index contributed by atoms with van der Waals surface area (Å²) >= 11 is 1.31. The van der Waals surface area contributed by atoms with E-state index in [1.165, 1.54) is 18.3 Å². The first-order chi connectivity index (χ1) is 8.73. The van der Waals surface area contributed by atoms with Crippen molar-refractivity contribution in [3.05, 3.63) is 22.4 Å². The SMILES string of the molecule is CC(=O)NC1CC(C)S(=O)(=O)c2sc([C-](C)C)cc21. The van der Waals surface area contributed by atoms with E-state index in [0.29, 0.717) is 10.6 Å². The Kier molecular flexibility index (Phi) is 3.66. The second-order valence-corrected chi connectivity index (χ2v) is 8.81. The van der Waals surface area contributed by atoms with Crippen LogP contribution in [0.3, 0.4) is 0 Å². The normalized spacial score (nSPS) is 24.6. The molecule has 2 rings (SSSR count). The number of carbonyl (C=O) groups is 1. The number of carbonyl (C=O) groups excluding carboxylic acids is 1. The lowest BCUT2D eigenvalue weighted by molar-refractivity contribution is -0.119. The Balaban J connectivity index is 2.54. The van der Waals surface area contributed by atoms with Crippen molar-refractivity contribution in [3.8, 4) is 0 Å². The molecule has 1 aliphatic rings. The Morgan fingerprint density at radius 3 is 2.63 bits per heavy atom. The van der Waals surface area contributed by atoms with E-state index in [-0.39, 0.29) is 11.9 Å². The zero-order chi connectivity index (χ0) is 14.4. The molecular weight excluding hydrogens is 282 g/mol. The molecule has 0 bridgehead atoms. The van der Waals surface area contributed by atoms with Crippen LogP contribution >= 0.6 is 11.3 Å². The number of amides is 1. The topological polar surface area (TPSA) is 63.2 Å². The number of sulfone groups is 1. The highest BCUT2D eigenvalue weighted by molar-refractivity contribution is 7.94. The summed E-state index contributed by atoms with van der Waals surface area (Å²) in [6.07, 6.45) is 0.438. The molecule has 1 aromatic heterocycles.